The maximum atomic E-state index is 14.6. The largest absolute Gasteiger partial charge is 0.206 e. The number of hydrogen-bond donors (Lipinski definition) is 0. The highest BCUT2D eigenvalue weighted by atomic mass is 19.1. The van der Waals surface area contributed by atoms with Crippen LogP contribution in [-0.2, 0) is 12.8 Å². The first-order chi connectivity index (χ1) is 18.2. The molecule has 0 bridgehead atoms. The lowest BCUT2D eigenvalue weighted by atomic mass is 10.0. The lowest BCUT2D eigenvalue weighted by Crippen LogP contribution is -1.88. The third-order valence-corrected chi connectivity index (χ3v) is 6.71. The minimum absolute atomic E-state index is 0.332. The van der Waals surface area contributed by atoms with Crippen LogP contribution in [0.2, 0.25) is 0 Å². The Morgan fingerprint density at radius 1 is 0.486 bits per heavy atom. The summed E-state index contributed by atoms with van der Waals surface area (Å²) in [4.78, 5) is 0. The Morgan fingerprint density at radius 2 is 0.919 bits per heavy atom. The summed E-state index contributed by atoms with van der Waals surface area (Å²) >= 11 is 0. The van der Waals surface area contributed by atoms with Crippen molar-refractivity contribution in [1.29, 1.82) is 0 Å². The number of rotatable bonds is 12. The molecular formula is C36H41F. The van der Waals surface area contributed by atoms with E-state index in [1.54, 1.807) is 6.07 Å². The van der Waals surface area contributed by atoms with Crippen LogP contribution in [0.15, 0.2) is 66.7 Å². The summed E-state index contributed by atoms with van der Waals surface area (Å²) in [6, 6.07) is 21.8. The fourth-order valence-corrected chi connectivity index (χ4v) is 4.35. The van der Waals surface area contributed by atoms with Gasteiger partial charge in [-0.1, -0.05) is 113 Å². The zero-order chi connectivity index (χ0) is 26.1. The van der Waals surface area contributed by atoms with Crippen molar-refractivity contribution in [3.8, 4) is 23.7 Å². The highest BCUT2D eigenvalue weighted by Crippen LogP contribution is 2.13. The SMILES string of the molecule is CCCCCCCCc1ccc(C#Cc2ccc(C#Cc3ccc(CCCCCC)cc3)c(F)c2)cc1. The zero-order valence-corrected chi connectivity index (χ0v) is 22.7. The second-order valence-electron chi connectivity index (χ2n) is 9.92. The Kier molecular flexibility index (Phi) is 12.6. The molecule has 0 amide bonds. The van der Waals surface area contributed by atoms with Crippen molar-refractivity contribution in [2.75, 3.05) is 0 Å². The van der Waals surface area contributed by atoms with Crippen molar-refractivity contribution < 1.29 is 4.39 Å². The number of hydrogen-bond acceptors (Lipinski definition) is 0. The lowest BCUT2D eigenvalue weighted by Gasteiger charge is -2.02. The van der Waals surface area contributed by atoms with E-state index < -0.39 is 0 Å². The number of halogens is 1. The van der Waals surface area contributed by atoms with Gasteiger partial charge >= 0.3 is 0 Å². The summed E-state index contributed by atoms with van der Waals surface area (Å²) in [7, 11) is 0. The summed E-state index contributed by atoms with van der Waals surface area (Å²) in [6.07, 6.45) is 15.2. The Labute approximate surface area is 224 Å². The Bertz CT molecular complexity index is 1190. The summed E-state index contributed by atoms with van der Waals surface area (Å²) in [5.41, 5.74) is 5.60. The Balaban J connectivity index is 1.51. The summed E-state index contributed by atoms with van der Waals surface area (Å²) in [5, 5.41) is 0. The van der Waals surface area contributed by atoms with Gasteiger partial charge in [-0.15, -0.1) is 0 Å². The molecule has 3 rings (SSSR count). The lowest BCUT2D eigenvalue weighted by molar-refractivity contribution is 0.607. The first-order valence-electron chi connectivity index (χ1n) is 14.2. The van der Waals surface area contributed by atoms with Crippen molar-refractivity contribution in [2.45, 2.75) is 90.9 Å². The van der Waals surface area contributed by atoms with Crippen molar-refractivity contribution >= 4 is 0 Å². The number of unbranched alkanes of at least 4 members (excludes halogenated alkanes) is 8. The summed E-state index contributed by atoms with van der Waals surface area (Å²) < 4.78 is 14.6. The quantitative estimate of drug-likeness (QED) is 0.174. The predicted octanol–water partition coefficient (Wildman–Crippen LogP) is 9.65. The van der Waals surface area contributed by atoms with Gasteiger partial charge in [-0.05, 0) is 79.3 Å². The van der Waals surface area contributed by atoms with Crippen LogP contribution < -0.4 is 0 Å². The molecule has 0 aliphatic rings. The first kappa shape index (κ1) is 28.3. The number of aryl methyl sites for hydroxylation is 2. The van der Waals surface area contributed by atoms with E-state index in [4.69, 9.17) is 0 Å². The Hall–Kier alpha value is -3.29. The average Bonchev–Trinajstić information content (AvgIpc) is 2.93. The van der Waals surface area contributed by atoms with Gasteiger partial charge in [0.15, 0.2) is 0 Å². The minimum atomic E-state index is -0.332. The van der Waals surface area contributed by atoms with E-state index >= 15 is 0 Å². The van der Waals surface area contributed by atoms with Gasteiger partial charge in [0.05, 0.1) is 5.56 Å². The summed E-state index contributed by atoms with van der Waals surface area (Å²) in [5.74, 6) is 12.0. The van der Waals surface area contributed by atoms with E-state index in [0.717, 1.165) is 24.0 Å². The fraction of sp³-hybridized carbons (Fsp3) is 0.389. The van der Waals surface area contributed by atoms with E-state index in [2.05, 4.69) is 73.9 Å². The molecule has 0 aliphatic carbocycles. The fourth-order valence-electron chi connectivity index (χ4n) is 4.35. The van der Waals surface area contributed by atoms with Crippen molar-refractivity contribution in [1.82, 2.24) is 0 Å². The smallest absolute Gasteiger partial charge is 0.140 e. The van der Waals surface area contributed by atoms with E-state index in [9.17, 15) is 4.39 Å². The van der Waals surface area contributed by atoms with E-state index in [0.29, 0.717) is 11.1 Å². The molecule has 1 heteroatoms. The van der Waals surface area contributed by atoms with Crippen LogP contribution in [0.1, 0.15) is 111 Å². The second kappa shape index (κ2) is 16.5. The molecule has 0 aromatic heterocycles. The van der Waals surface area contributed by atoms with Crippen LogP contribution in [0, 0.1) is 29.5 Å². The standard InChI is InChI=1S/C36H41F/c1-3-5-7-9-10-12-14-31-15-19-32(20-16-31)23-24-34-26-28-35(36(37)29-34)27-25-33-21-17-30(18-22-33)13-11-8-6-4-2/h15-22,26,28-29H,3-14H2,1-2H3. The molecular weight excluding hydrogens is 451 g/mol. The van der Waals surface area contributed by atoms with E-state index in [1.807, 2.05) is 18.2 Å². The van der Waals surface area contributed by atoms with Gasteiger partial charge in [0.2, 0.25) is 0 Å². The maximum Gasteiger partial charge on any atom is 0.140 e. The van der Waals surface area contributed by atoms with Crippen molar-refractivity contribution in [3.63, 3.8) is 0 Å². The van der Waals surface area contributed by atoms with Crippen LogP contribution in [0.5, 0.6) is 0 Å². The van der Waals surface area contributed by atoms with Gasteiger partial charge in [-0.3, -0.25) is 0 Å². The van der Waals surface area contributed by atoms with Crippen molar-refractivity contribution in [3.05, 3.63) is 106 Å². The average molecular weight is 493 g/mol. The van der Waals surface area contributed by atoms with E-state index in [-0.39, 0.29) is 5.82 Å². The van der Waals surface area contributed by atoms with Crippen LogP contribution in [0.25, 0.3) is 0 Å². The molecule has 3 aromatic carbocycles. The van der Waals surface area contributed by atoms with Gasteiger partial charge in [0.25, 0.3) is 0 Å². The molecule has 0 N–H and O–H groups in total. The zero-order valence-electron chi connectivity index (χ0n) is 22.7. The van der Waals surface area contributed by atoms with Crippen LogP contribution in [0.4, 0.5) is 4.39 Å². The molecule has 0 atom stereocenters. The first-order valence-corrected chi connectivity index (χ1v) is 14.2. The van der Waals surface area contributed by atoms with Crippen LogP contribution in [0.3, 0.4) is 0 Å². The highest BCUT2D eigenvalue weighted by Gasteiger charge is 2.01. The van der Waals surface area contributed by atoms with Gasteiger partial charge in [0, 0.05) is 16.7 Å². The predicted molar refractivity (Wildman–Crippen MR) is 156 cm³/mol. The number of benzene rings is 3. The van der Waals surface area contributed by atoms with Gasteiger partial charge in [-0.25, -0.2) is 4.39 Å². The summed E-state index contributed by atoms with van der Waals surface area (Å²) in [6.45, 7) is 4.48. The molecule has 3 aromatic rings. The molecule has 192 valence electrons. The third-order valence-electron chi connectivity index (χ3n) is 6.71. The topological polar surface area (TPSA) is 0 Å². The van der Waals surface area contributed by atoms with Crippen LogP contribution >= 0.6 is 0 Å². The Morgan fingerprint density at radius 3 is 1.46 bits per heavy atom. The molecule has 0 saturated heterocycles. The normalized spacial score (nSPS) is 10.4. The van der Waals surface area contributed by atoms with Crippen molar-refractivity contribution in [2.24, 2.45) is 0 Å². The second-order valence-corrected chi connectivity index (χ2v) is 9.92. The molecule has 0 heterocycles. The molecule has 0 unspecified atom stereocenters. The molecule has 0 nitrogen and oxygen atoms in total. The van der Waals surface area contributed by atoms with Gasteiger partial charge in [-0.2, -0.15) is 0 Å². The minimum Gasteiger partial charge on any atom is -0.206 e. The van der Waals surface area contributed by atoms with Crippen LogP contribution in [-0.4, -0.2) is 0 Å². The van der Waals surface area contributed by atoms with Gasteiger partial charge < -0.3 is 0 Å². The monoisotopic (exact) mass is 492 g/mol. The van der Waals surface area contributed by atoms with E-state index in [1.165, 1.54) is 81.4 Å². The molecule has 0 aliphatic heterocycles. The molecule has 0 spiro atoms. The highest BCUT2D eigenvalue weighted by molar-refractivity contribution is 5.49. The molecule has 37 heavy (non-hydrogen) atoms. The molecule has 0 fully saturated rings. The molecule has 0 saturated carbocycles. The third kappa shape index (κ3) is 10.7. The maximum absolute atomic E-state index is 14.6. The molecule has 0 radical (unpaired) electrons. The van der Waals surface area contributed by atoms with Gasteiger partial charge in [0.1, 0.15) is 5.82 Å².